The Labute approximate surface area is 66.0 Å². The molecule has 0 amide bonds. The molecule has 1 aliphatic carbocycles. The van der Waals surface area contributed by atoms with E-state index in [0.29, 0.717) is 13.1 Å². The van der Waals surface area contributed by atoms with Gasteiger partial charge < -0.3 is 5.11 Å². The summed E-state index contributed by atoms with van der Waals surface area (Å²) in [5, 5.41) is 8.97. The van der Waals surface area contributed by atoms with Crippen LogP contribution in [0, 0.1) is 5.41 Å². The molecule has 1 saturated carbocycles. The van der Waals surface area contributed by atoms with E-state index in [1.165, 1.54) is 0 Å². The first-order valence-corrected chi connectivity index (χ1v) is 4.21. The van der Waals surface area contributed by atoms with Crippen molar-refractivity contribution >= 4 is 0 Å². The van der Waals surface area contributed by atoms with Crippen LogP contribution in [0.3, 0.4) is 0 Å². The van der Waals surface area contributed by atoms with Gasteiger partial charge in [-0.05, 0) is 12.8 Å². The van der Waals surface area contributed by atoms with Gasteiger partial charge in [0, 0.05) is 31.7 Å². The Hall–Kier alpha value is -0.150. The molecule has 64 valence electrons. The quantitative estimate of drug-likeness (QED) is 0.645. The maximum absolute atomic E-state index is 12.4. The van der Waals surface area contributed by atoms with Crippen molar-refractivity contribution in [2.24, 2.45) is 5.41 Å². The van der Waals surface area contributed by atoms with Crippen molar-refractivity contribution in [3.63, 3.8) is 0 Å². The second-order valence-corrected chi connectivity index (χ2v) is 3.95. The van der Waals surface area contributed by atoms with E-state index < -0.39 is 6.17 Å². The maximum atomic E-state index is 12.4. The fourth-order valence-electron chi connectivity index (χ4n) is 1.65. The van der Waals surface area contributed by atoms with E-state index in [-0.39, 0.29) is 12.0 Å². The first-order valence-electron chi connectivity index (χ1n) is 4.21. The molecule has 0 spiro atoms. The van der Waals surface area contributed by atoms with Gasteiger partial charge in [-0.15, -0.1) is 0 Å². The van der Waals surface area contributed by atoms with E-state index in [2.05, 4.69) is 4.90 Å². The zero-order chi connectivity index (χ0) is 7.90. The summed E-state index contributed by atoms with van der Waals surface area (Å²) in [5.41, 5.74) is 0.167. The van der Waals surface area contributed by atoms with Crippen molar-refractivity contribution in [1.29, 1.82) is 0 Å². The van der Waals surface area contributed by atoms with Crippen molar-refractivity contribution in [3.05, 3.63) is 0 Å². The number of aliphatic hydroxyl groups is 1. The summed E-state index contributed by atoms with van der Waals surface area (Å²) in [5.74, 6) is 0. The molecule has 0 radical (unpaired) electrons. The SMILES string of the molecule is OCC1(CN2CC(F)C2)CC1. The summed E-state index contributed by atoms with van der Waals surface area (Å²) in [6, 6.07) is 0. The molecule has 0 aromatic carbocycles. The number of rotatable bonds is 3. The minimum absolute atomic E-state index is 0.167. The van der Waals surface area contributed by atoms with Crippen LogP contribution in [0.2, 0.25) is 0 Å². The Balaban J connectivity index is 1.74. The van der Waals surface area contributed by atoms with Gasteiger partial charge in [0.25, 0.3) is 0 Å². The smallest absolute Gasteiger partial charge is 0.125 e. The lowest BCUT2D eigenvalue weighted by atomic mass is 10.1. The van der Waals surface area contributed by atoms with Gasteiger partial charge in [0.2, 0.25) is 0 Å². The number of likely N-dealkylation sites (tertiary alicyclic amines) is 1. The van der Waals surface area contributed by atoms with E-state index in [4.69, 9.17) is 5.11 Å². The molecule has 1 heterocycles. The molecule has 0 aromatic heterocycles. The Kier molecular flexibility index (Phi) is 1.65. The number of hydrogen-bond acceptors (Lipinski definition) is 2. The molecule has 0 bridgehead atoms. The second kappa shape index (κ2) is 2.42. The molecule has 11 heavy (non-hydrogen) atoms. The molecule has 2 nitrogen and oxygen atoms in total. The van der Waals surface area contributed by atoms with Crippen LogP contribution in [0.15, 0.2) is 0 Å². The highest BCUT2D eigenvalue weighted by Crippen LogP contribution is 2.46. The first kappa shape index (κ1) is 7.50. The monoisotopic (exact) mass is 159 g/mol. The van der Waals surface area contributed by atoms with Gasteiger partial charge in [0.05, 0.1) is 0 Å². The average Bonchev–Trinajstić information content (AvgIpc) is 2.66. The number of halogens is 1. The standard InChI is InChI=1S/C8H14FNO/c9-7-3-10(4-7)5-8(6-11)1-2-8/h7,11H,1-6H2. The highest BCUT2D eigenvalue weighted by atomic mass is 19.1. The van der Waals surface area contributed by atoms with Crippen LogP contribution < -0.4 is 0 Å². The lowest BCUT2D eigenvalue weighted by Gasteiger charge is -2.36. The van der Waals surface area contributed by atoms with Crippen LogP contribution in [-0.4, -0.2) is 42.4 Å². The first-order chi connectivity index (χ1) is 5.24. The fraction of sp³-hybridized carbons (Fsp3) is 1.00. The number of hydrogen-bond donors (Lipinski definition) is 1. The van der Waals surface area contributed by atoms with Crippen LogP contribution in [0.1, 0.15) is 12.8 Å². The zero-order valence-corrected chi connectivity index (χ0v) is 6.59. The molecule has 1 aliphatic heterocycles. The van der Waals surface area contributed by atoms with E-state index in [9.17, 15) is 4.39 Å². The van der Waals surface area contributed by atoms with Gasteiger partial charge in [-0.25, -0.2) is 4.39 Å². The number of nitrogens with zero attached hydrogens (tertiary/aromatic N) is 1. The Bertz CT molecular complexity index is 152. The molecule has 3 heteroatoms. The number of alkyl halides is 1. The molecule has 0 aromatic rings. The molecule has 2 aliphatic rings. The summed E-state index contributed by atoms with van der Waals surface area (Å²) in [6.07, 6.45) is 1.64. The van der Waals surface area contributed by atoms with Gasteiger partial charge in [-0.1, -0.05) is 0 Å². The Morgan fingerprint density at radius 1 is 1.45 bits per heavy atom. The van der Waals surface area contributed by atoms with Crippen molar-refractivity contribution in [2.45, 2.75) is 19.0 Å². The average molecular weight is 159 g/mol. The Morgan fingerprint density at radius 3 is 2.45 bits per heavy atom. The van der Waals surface area contributed by atoms with Gasteiger partial charge in [-0.3, -0.25) is 4.90 Å². The van der Waals surface area contributed by atoms with Crippen molar-refractivity contribution < 1.29 is 9.50 Å². The minimum Gasteiger partial charge on any atom is -0.396 e. The summed E-state index contributed by atoms with van der Waals surface area (Å²) < 4.78 is 12.4. The van der Waals surface area contributed by atoms with Gasteiger partial charge in [0.15, 0.2) is 0 Å². The van der Waals surface area contributed by atoms with E-state index in [1.54, 1.807) is 0 Å². The molecule has 0 unspecified atom stereocenters. The lowest BCUT2D eigenvalue weighted by molar-refractivity contribution is 0.0352. The second-order valence-electron chi connectivity index (χ2n) is 3.95. The number of aliphatic hydroxyl groups excluding tert-OH is 1. The van der Waals surface area contributed by atoms with Crippen LogP contribution >= 0.6 is 0 Å². The largest absolute Gasteiger partial charge is 0.396 e. The molecular weight excluding hydrogens is 145 g/mol. The van der Waals surface area contributed by atoms with Crippen molar-refractivity contribution in [1.82, 2.24) is 4.90 Å². The molecule has 1 N–H and O–H groups in total. The maximum Gasteiger partial charge on any atom is 0.125 e. The van der Waals surface area contributed by atoms with Crippen molar-refractivity contribution in [2.75, 3.05) is 26.2 Å². The summed E-state index contributed by atoms with van der Waals surface area (Å²) in [6.45, 7) is 2.36. The van der Waals surface area contributed by atoms with Crippen molar-refractivity contribution in [3.8, 4) is 0 Å². The highest BCUT2D eigenvalue weighted by Gasteiger charge is 2.45. The lowest BCUT2D eigenvalue weighted by Crippen LogP contribution is -2.50. The highest BCUT2D eigenvalue weighted by molar-refractivity contribution is 4.97. The summed E-state index contributed by atoms with van der Waals surface area (Å²) >= 11 is 0. The van der Waals surface area contributed by atoms with Crippen LogP contribution in [0.4, 0.5) is 4.39 Å². The minimum atomic E-state index is -0.607. The fourth-order valence-corrected chi connectivity index (χ4v) is 1.65. The van der Waals surface area contributed by atoms with Gasteiger partial charge in [0.1, 0.15) is 6.17 Å². The predicted octanol–water partition coefficient (Wildman–Crippen LogP) is 0.413. The third-order valence-electron chi connectivity index (χ3n) is 2.76. The van der Waals surface area contributed by atoms with Crippen LogP contribution in [0.25, 0.3) is 0 Å². The third-order valence-corrected chi connectivity index (χ3v) is 2.76. The van der Waals surface area contributed by atoms with E-state index >= 15 is 0 Å². The van der Waals surface area contributed by atoms with E-state index in [0.717, 1.165) is 19.4 Å². The topological polar surface area (TPSA) is 23.5 Å². The third kappa shape index (κ3) is 1.40. The van der Waals surface area contributed by atoms with Gasteiger partial charge >= 0.3 is 0 Å². The van der Waals surface area contributed by atoms with Gasteiger partial charge in [-0.2, -0.15) is 0 Å². The Morgan fingerprint density at radius 2 is 2.09 bits per heavy atom. The molecular formula is C8H14FNO. The van der Waals surface area contributed by atoms with Crippen LogP contribution in [-0.2, 0) is 0 Å². The molecule has 1 saturated heterocycles. The molecule has 2 rings (SSSR count). The molecule has 0 atom stereocenters. The van der Waals surface area contributed by atoms with E-state index in [1.807, 2.05) is 0 Å². The summed E-state index contributed by atoms with van der Waals surface area (Å²) in [4.78, 5) is 2.09. The molecule has 2 fully saturated rings. The van der Waals surface area contributed by atoms with Crippen LogP contribution in [0.5, 0.6) is 0 Å². The zero-order valence-electron chi connectivity index (χ0n) is 6.59. The summed E-state index contributed by atoms with van der Waals surface area (Å²) in [7, 11) is 0. The normalized spacial score (nSPS) is 30.0. The predicted molar refractivity (Wildman–Crippen MR) is 40.1 cm³/mol.